The third-order valence-corrected chi connectivity index (χ3v) is 6.27. The summed E-state index contributed by atoms with van der Waals surface area (Å²) in [6.45, 7) is 8.96. The Kier molecular flexibility index (Phi) is 7.76. The van der Waals surface area contributed by atoms with Crippen molar-refractivity contribution in [3.05, 3.63) is 64.7 Å². The fraction of sp³-hybridized carbons (Fsp3) is 0.385. The maximum Gasteiger partial charge on any atom is 0.295 e. The first-order chi connectivity index (χ1) is 15.9. The molecule has 0 saturated carbocycles. The lowest BCUT2D eigenvalue weighted by atomic mass is 9.94. The van der Waals surface area contributed by atoms with Crippen LogP contribution in [0.3, 0.4) is 0 Å². The second-order valence-electron chi connectivity index (χ2n) is 8.16. The van der Waals surface area contributed by atoms with Gasteiger partial charge < -0.3 is 24.4 Å². The van der Waals surface area contributed by atoms with E-state index in [-0.39, 0.29) is 5.57 Å². The minimum Gasteiger partial charge on any atom is -0.872 e. The van der Waals surface area contributed by atoms with Crippen LogP contribution in [-0.4, -0.2) is 57.0 Å². The van der Waals surface area contributed by atoms with Crippen molar-refractivity contribution in [2.75, 3.05) is 40.4 Å². The van der Waals surface area contributed by atoms with E-state index < -0.39 is 23.5 Å². The van der Waals surface area contributed by atoms with Crippen LogP contribution >= 0.6 is 0 Å². The van der Waals surface area contributed by atoms with Crippen molar-refractivity contribution in [1.82, 2.24) is 4.90 Å². The Balaban J connectivity index is 2.14. The molecule has 1 N–H and O–H groups in total. The Bertz CT molecular complexity index is 1040. The molecular formula is C26H32N2O5. The minimum absolute atomic E-state index is 0.0226. The van der Waals surface area contributed by atoms with Crippen molar-refractivity contribution < 1.29 is 29.1 Å². The molecule has 0 spiro atoms. The molecule has 33 heavy (non-hydrogen) atoms. The van der Waals surface area contributed by atoms with Crippen molar-refractivity contribution in [1.29, 1.82) is 0 Å². The van der Waals surface area contributed by atoms with Crippen LogP contribution in [-0.2, 0) is 9.59 Å². The summed E-state index contributed by atoms with van der Waals surface area (Å²) in [4.78, 5) is 29.1. The van der Waals surface area contributed by atoms with Gasteiger partial charge in [-0.2, -0.15) is 0 Å². The van der Waals surface area contributed by atoms with Crippen LogP contribution in [0.5, 0.6) is 11.5 Å². The van der Waals surface area contributed by atoms with Gasteiger partial charge in [-0.3, -0.25) is 9.59 Å². The highest BCUT2D eigenvalue weighted by molar-refractivity contribution is 6.46. The first kappa shape index (κ1) is 24.3. The summed E-state index contributed by atoms with van der Waals surface area (Å²) >= 11 is 0. The number of nitrogens with one attached hydrogen (secondary N) is 1. The van der Waals surface area contributed by atoms with Gasteiger partial charge in [0.25, 0.3) is 5.91 Å². The Morgan fingerprint density at radius 2 is 1.64 bits per heavy atom. The molecular weight excluding hydrogens is 420 g/mol. The highest BCUT2D eigenvalue weighted by Crippen LogP contribution is 2.41. The van der Waals surface area contributed by atoms with Gasteiger partial charge >= 0.3 is 0 Å². The molecule has 1 unspecified atom stereocenters. The predicted molar refractivity (Wildman–Crippen MR) is 124 cm³/mol. The largest absolute Gasteiger partial charge is 0.872 e. The monoisotopic (exact) mass is 452 g/mol. The Morgan fingerprint density at radius 1 is 1.00 bits per heavy atom. The molecule has 1 aliphatic rings. The van der Waals surface area contributed by atoms with Crippen molar-refractivity contribution in [3.8, 4) is 11.5 Å². The molecule has 1 saturated heterocycles. The first-order valence-corrected chi connectivity index (χ1v) is 11.2. The topological polar surface area (TPSA) is 83.3 Å². The van der Waals surface area contributed by atoms with E-state index in [1.54, 1.807) is 30.3 Å². The van der Waals surface area contributed by atoms with Gasteiger partial charge in [-0.15, -0.1) is 0 Å². The Morgan fingerprint density at radius 3 is 2.21 bits per heavy atom. The SMILES string of the molecule is CC[NH+](CC)CCN1C(=O)C(=O)/C(=C(/[O-])c2ccc(C)cc2)C1c1ccc(OC)c(OC)c1. The molecule has 1 amide bonds. The molecule has 1 aliphatic heterocycles. The zero-order valence-electron chi connectivity index (χ0n) is 19.9. The maximum absolute atomic E-state index is 13.5. The van der Waals surface area contributed by atoms with Gasteiger partial charge in [0.15, 0.2) is 11.5 Å². The average molecular weight is 453 g/mol. The number of likely N-dealkylation sites (tertiary alicyclic amines) is 1. The minimum atomic E-state index is -0.784. The summed E-state index contributed by atoms with van der Waals surface area (Å²) in [5.74, 6) is -0.807. The van der Waals surface area contributed by atoms with E-state index in [1.807, 2.05) is 19.1 Å². The number of methoxy groups -OCH3 is 2. The Hall–Kier alpha value is -3.32. The number of nitrogens with zero attached hydrogens (tertiary/aromatic N) is 1. The van der Waals surface area contributed by atoms with Gasteiger partial charge in [-0.25, -0.2) is 0 Å². The number of ether oxygens (including phenoxy) is 2. The van der Waals surface area contributed by atoms with E-state index >= 15 is 0 Å². The fourth-order valence-corrected chi connectivity index (χ4v) is 4.21. The van der Waals surface area contributed by atoms with Gasteiger partial charge in [-0.1, -0.05) is 41.7 Å². The molecule has 2 aromatic rings. The molecule has 3 rings (SSSR count). The molecule has 7 nitrogen and oxygen atoms in total. The van der Waals surface area contributed by atoms with E-state index in [2.05, 4.69) is 13.8 Å². The number of carbonyl (C=O) groups excluding carboxylic acids is 2. The second kappa shape index (κ2) is 10.5. The second-order valence-corrected chi connectivity index (χ2v) is 8.16. The molecule has 176 valence electrons. The summed E-state index contributed by atoms with van der Waals surface area (Å²) in [5, 5.41) is 13.5. The zero-order valence-corrected chi connectivity index (χ0v) is 19.9. The van der Waals surface area contributed by atoms with Crippen LogP contribution in [0.4, 0.5) is 0 Å². The highest BCUT2D eigenvalue weighted by Gasteiger charge is 2.44. The van der Waals surface area contributed by atoms with Crippen LogP contribution in [0.15, 0.2) is 48.0 Å². The normalized spacial score (nSPS) is 17.6. The number of hydrogen-bond acceptors (Lipinski definition) is 5. The zero-order chi connectivity index (χ0) is 24.1. The van der Waals surface area contributed by atoms with Gasteiger partial charge in [0.05, 0.1) is 46.4 Å². The summed E-state index contributed by atoms with van der Waals surface area (Å²) in [7, 11) is 3.06. The van der Waals surface area contributed by atoms with Crippen LogP contribution in [0, 0.1) is 6.92 Å². The number of ketones is 1. The number of Topliss-reactive ketones (excluding diaryl/α,β-unsaturated/α-hetero) is 1. The number of aryl methyl sites for hydroxylation is 1. The van der Waals surface area contributed by atoms with Crippen LogP contribution in [0.1, 0.15) is 36.6 Å². The number of amides is 1. The van der Waals surface area contributed by atoms with E-state index in [0.717, 1.165) is 18.7 Å². The molecule has 1 fully saturated rings. The molecule has 1 atom stereocenters. The molecule has 7 heteroatoms. The maximum atomic E-state index is 13.5. The van der Waals surface area contributed by atoms with Crippen LogP contribution < -0.4 is 19.5 Å². The number of rotatable bonds is 9. The molecule has 0 aliphatic carbocycles. The van der Waals surface area contributed by atoms with Crippen molar-refractivity contribution in [2.45, 2.75) is 26.8 Å². The van der Waals surface area contributed by atoms with Gasteiger partial charge in [-0.05, 0) is 44.0 Å². The fourth-order valence-electron chi connectivity index (χ4n) is 4.21. The van der Waals surface area contributed by atoms with Gasteiger partial charge in [0, 0.05) is 5.57 Å². The Labute approximate surface area is 195 Å². The van der Waals surface area contributed by atoms with Crippen molar-refractivity contribution in [3.63, 3.8) is 0 Å². The number of quaternary nitrogens is 1. The lowest BCUT2D eigenvalue weighted by molar-refractivity contribution is -0.895. The van der Waals surface area contributed by atoms with Gasteiger partial charge in [0.1, 0.15) is 0 Å². The summed E-state index contributed by atoms with van der Waals surface area (Å²) in [6, 6.07) is 11.5. The first-order valence-electron chi connectivity index (χ1n) is 11.2. The highest BCUT2D eigenvalue weighted by atomic mass is 16.5. The van der Waals surface area contributed by atoms with Crippen LogP contribution in [0.25, 0.3) is 5.76 Å². The molecule has 0 radical (unpaired) electrons. The quantitative estimate of drug-likeness (QED) is 0.351. The van der Waals surface area contributed by atoms with Crippen molar-refractivity contribution >= 4 is 17.4 Å². The summed E-state index contributed by atoms with van der Waals surface area (Å²) < 4.78 is 10.8. The van der Waals surface area contributed by atoms with E-state index in [9.17, 15) is 14.7 Å². The number of carbonyl (C=O) groups is 2. The van der Waals surface area contributed by atoms with E-state index in [4.69, 9.17) is 9.47 Å². The smallest absolute Gasteiger partial charge is 0.295 e. The molecule has 1 heterocycles. The predicted octanol–water partition coefficient (Wildman–Crippen LogP) is 1.16. The number of benzene rings is 2. The van der Waals surface area contributed by atoms with Crippen LogP contribution in [0.2, 0.25) is 0 Å². The third-order valence-electron chi connectivity index (χ3n) is 6.27. The number of likely N-dealkylation sites (N-methyl/N-ethyl adjacent to an activating group) is 1. The lowest BCUT2D eigenvalue weighted by Crippen LogP contribution is -3.12. The molecule has 0 aromatic heterocycles. The van der Waals surface area contributed by atoms with E-state index in [1.165, 1.54) is 24.0 Å². The third kappa shape index (κ3) is 4.88. The summed E-state index contributed by atoms with van der Waals surface area (Å²) in [5.41, 5.74) is 2.01. The standard InChI is InChI=1S/C26H32N2O5/c1-6-27(7-2)14-15-28-23(19-12-13-20(32-4)21(16-19)33-5)22(25(30)26(28)31)24(29)18-10-8-17(3)9-11-18/h8-13,16,23,29H,6-7,14-15H2,1-5H3/b24-22+. The number of hydrogen-bond donors (Lipinski definition) is 1. The van der Waals surface area contributed by atoms with E-state index in [0.29, 0.717) is 35.7 Å². The summed E-state index contributed by atoms with van der Waals surface area (Å²) in [6.07, 6.45) is 0. The average Bonchev–Trinajstić information content (AvgIpc) is 3.09. The molecule has 2 aromatic carbocycles. The van der Waals surface area contributed by atoms with Crippen molar-refractivity contribution in [2.24, 2.45) is 0 Å². The molecule has 0 bridgehead atoms. The van der Waals surface area contributed by atoms with Gasteiger partial charge in [0.2, 0.25) is 5.78 Å². The lowest BCUT2D eigenvalue weighted by Gasteiger charge is -2.29.